The molecule has 13 heteroatoms. The number of alkyl halides is 6. The molecule has 1 rings (SSSR count). The maximum absolute atomic E-state index is 12.3. The Morgan fingerprint density at radius 1 is 1.00 bits per heavy atom. The highest BCUT2D eigenvalue weighted by Gasteiger charge is 2.29. The average molecular weight is 489 g/mol. The van der Waals surface area contributed by atoms with Crippen LogP contribution in [0.2, 0.25) is 0 Å². The molecule has 0 aliphatic carbocycles. The summed E-state index contributed by atoms with van der Waals surface area (Å²) in [5.74, 6) is 0.236. The number of methoxy groups -OCH3 is 1. The van der Waals surface area contributed by atoms with E-state index in [1.54, 1.807) is 18.2 Å². The summed E-state index contributed by atoms with van der Waals surface area (Å²) < 4.78 is 11.0. The van der Waals surface area contributed by atoms with E-state index in [0.29, 0.717) is 5.01 Å². The fraction of sp³-hybridized carbons (Fsp3) is 0.385. The van der Waals surface area contributed by atoms with Crippen LogP contribution < -0.4 is 15.2 Å². The molecule has 26 heavy (non-hydrogen) atoms. The van der Waals surface area contributed by atoms with Gasteiger partial charge in [-0.25, -0.2) is 15.0 Å². The molecule has 0 aliphatic rings. The number of hydrazine groups is 1. The fourth-order valence-corrected chi connectivity index (χ4v) is 1.83. The van der Waals surface area contributed by atoms with Gasteiger partial charge in [-0.05, 0) is 12.1 Å². The van der Waals surface area contributed by atoms with Crippen molar-refractivity contribution in [2.75, 3.05) is 25.3 Å². The van der Waals surface area contributed by atoms with Gasteiger partial charge in [-0.1, -0.05) is 81.7 Å². The SMILES string of the molecule is COc1ccccc1N(NC(=O)OCC(Cl)(Cl)Cl)C(=O)OCC(Cl)(Cl)Cl. The second kappa shape index (κ2) is 10.0. The Hall–Kier alpha value is -0.700. The minimum Gasteiger partial charge on any atom is -0.494 e. The molecule has 0 radical (unpaired) electrons. The predicted octanol–water partition coefficient (Wildman–Crippen LogP) is 5.02. The molecular formula is C13H12Cl6N2O5. The quantitative estimate of drug-likeness (QED) is 0.475. The molecule has 0 saturated carbocycles. The van der Waals surface area contributed by atoms with E-state index in [2.05, 4.69) is 5.43 Å². The van der Waals surface area contributed by atoms with Gasteiger partial charge in [0.05, 0.1) is 7.11 Å². The van der Waals surface area contributed by atoms with Gasteiger partial charge in [-0.15, -0.1) is 0 Å². The first kappa shape index (κ1) is 23.3. The summed E-state index contributed by atoms with van der Waals surface area (Å²) in [6.07, 6.45) is -2.18. The number of hydrogen-bond donors (Lipinski definition) is 1. The van der Waals surface area contributed by atoms with Gasteiger partial charge in [0, 0.05) is 0 Å². The zero-order valence-electron chi connectivity index (χ0n) is 13.0. The maximum Gasteiger partial charge on any atom is 0.433 e. The first-order chi connectivity index (χ1) is 11.9. The normalized spacial score (nSPS) is 11.5. The molecule has 0 aliphatic heterocycles. The number of anilines is 1. The molecule has 1 N–H and O–H groups in total. The van der Waals surface area contributed by atoms with Gasteiger partial charge < -0.3 is 14.2 Å². The molecule has 146 valence electrons. The van der Waals surface area contributed by atoms with Crippen molar-refractivity contribution in [3.05, 3.63) is 24.3 Å². The minimum absolute atomic E-state index is 0.121. The Bertz CT molecular complexity index is 634. The molecule has 0 heterocycles. The number of nitrogens with one attached hydrogen (secondary N) is 1. The number of halogens is 6. The molecule has 1 aromatic rings. The van der Waals surface area contributed by atoms with Crippen molar-refractivity contribution in [3.63, 3.8) is 0 Å². The number of carbonyl (C=O) groups is 2. The molecule has 2 amide bonds. The van der Waals surface area contributed by atoms with Crippen molar-refractivity contribution in [2.24, 2.45) is 0 Å². The maximum atomic E-state index is 12.3. The number of carbonyl (C=O) groups excluding carboxylic acids is 2. The van der Waals surface area contributed by atoms with E-state index in [9.17, 15) is 9.59 Å². The van der Waals surface area contributed by atoms with Gasteiger partial charge in [0.1, 0.15) is 24.7 Å². The molecule has 0 saturated heterocycles. The van der Waals surface area contributed by atoms with Gasteiger partial charge in [-0.3, -0.25) is 0 Å². The van der Waals surface area contributed by atoms with Crippen molar-refractivity contribution in [3.8, 4) is 5.75 Å². The monoisotopic (exact) mass is 486 g/mol. The Labute approximate surface area is 179 Å². The number of para-hydroxylation sites is 2. The van der Waals surface area contributed by atoms with Crippen LogP contribution in [0, 0.1) is 0 Å². The lowest BCUT2D eigenvalue weighted by atomic mass is 10.3. The van der Waals surface area contributed by atoms with Gasteiger partial charge in [0.2, 0.25) is 7.59 Å². The Morgan fingerprint density at radius 3 is 2.08 bits per heavy atom. The Morgan fingerprint density at radius 2 is 1.54 bits per heavy atom. The lowest BCUT2D eigenvalue weighted by Crippen LogP contribution is -2.48. The van der Waals surface area contributed by atoms with E-state index < -0.39 is 33.0 Å². The number of benzene rings is 1. The zero-order chi connectivity index (χ0) is 20.0. The highest BCUT2D eigenvalue weighted by atomic mass is 35.6. The van der Waals surface area contributed by atoms with Crippen molar-refractivity contribution >= 4 is 87.5 Å². The van der Waals surface area contributed by atoms with E-state index in [0.717, 1.165) is 0 Å². The number of amides is 2. The second-order valence-corrected chi connectivity index (χ2v) is 9.51. The van der Waals surface area contributed by atoms with Crippen LogP contribution in [0.5, 0.6) is 5.75 Å². The van der Waals surface area contributed by atoms with Crippen LogP contribution >= 0.6 is 69.6 Å². The van der Waals surface area contributed by atoms with Crippen molar-refractivity contribution in [1.29, 1.82) is 0 Å². The number of nitrogens with zero attached hydrogens (tertiary/aromatic N) is 1. The van der Waals surface area contributed by atoms with Crippen molar-refractivity contribution in [1.82, 2.24) is 5.43 Å². The highest BCUT2D eigenvalue weighted by molar-refractivity contribution is 6.68. The predicted molar refractivity (Wildman–Crippen MR) is 102 cm³/mol. The van der Waals surface area contributed by atoms with Crippen LogP contribution in [-0.4, -0.2) is 40.1 Å². The summed E-state index contributed by atoms with van der Waals surface area (Å²) in [6.45, 7) is -1.14. The molecule has 7 nitrogen and oxygen atoms in total. The molecule has 0 fully saturated rings. The summed E-state index contributed by atoms with van der Waals surface area (Å²) in [7, 11) is 1.37. The van der Waals surface area contributed by atoms with E-state index in [-0.39, 0.29) is 11.4 Å². The van der Waals surface area contributed by atoms with Crippen molar-refractivity contribution in [2.45, 2.75) is 7.59 Å². The summed E-state index contributed by atoms with van der Waals surface area (Å²) in [5.41, 5.74) is 2.25. The van der Waals surface area contributed by atoms with Gasteiger partial charge in [0.15, 0.2) is 0 Å². The first-order valence-corrected chi connectivity index (χ1v) is 8.86. The Balaban J connectivity index is 2.98. The third-order valence-electron chi connectivity index (χ3n) is 2.44. The van der Waals surface area contributed by atoms with Crippen LogP contribution in [0.1, 0.15) is 0 Å². The first-order valence-electron chi connectivity index (χ1n) is 6.60. The fourth-order valence-electron chi connectivity index (χ4n) is 1.50. The molecule has 0 atom stereocenters. The number of rotatable bonds is 4. The average Bonchev–Trinajstić information content (AvgIpc) is 2.54. The summed E-state index contributed by atoms with van der Waals surface area (Å²) in [6, 6.07) is 6.24. The van der Waals surface area contributed by atoms with E-state index in [1.807, 2.05) is 0 Å². The molecular weight excluding hydrogens is 477 g/mol. The van der Waals surface area contributed by atoms with Crippen LogP contribution in [-0.2, 0) is 9.47 Å². The van der Waals surface area contributed by atoms with Crippen LogP contribution in [0.3, 0.4) is 0 Å². The van der Waals surface area contributed by atoms with Crippen LogP contribution in [0.4, 0.5) is 15.3 Å². The molecule has 0 unspecified atom stereocenters. The molecule has 0 bridgehead atoms. The van der Waals surface area contributed by atoms with E-state index >= 15 is 0 Å². The summed E-state index contributed by atoms with van der Waals surface area (Å²) in [5, 5.41) is 0.690. The third kappa shape index (κ3) is 8.79. The van der Waals surface area contributed by atoms with E-state index in [1.165, 1.54) is 13.2 Å². The Kier molecular flexibility index (Phi) is 8.99. The molecule has 1 aromatic carbocycles. The topological polar surface area (TPSA) is 77.1 Å². The lowest BCUT2D eigenvalue weighted by Gasteiger charge is -2.25. The zero-order valence-corrected chi connectivity index (χ0v) is 17.5. The minimum atomic E-state index is -1.85. The molecule has 0 spiro atoms. The molecule has 0 aromatic heterocycles. The highest BCUT2D eigenvalue weighted by Crippen LogP contribution is 2.30. The van der Waals surface area contributed by atoms with Crippen LogP contribution in [0.15, 0.2) is 24.3 Å². The second-order valence-electron chi connectivity index (χ2n) is 4.48. The smallest absolute Gasteiger partial charge is 0.433 e. The number of hydrogen-bond acceptors (Lipinski definition) is 5. The number of ether oxygens (including phenoxy) is 3. The lowest BCUT2D eigenvalue weighted by molar-refractivity contribution is 0.135. The summed E-state index contributed by atoms with van der Waals surface area (Å²) in [4.78, 5) is 24.2. The van der Waals surface area contributed by atoms with Gasteiger partial charge >= 0.3 is 12.2 Å². The van der Waals surface area contributed by atoms with Gasteiger partial charge in [-0.2, -0.15) is 5.01 Å². The van der Waals surface area contributed by atoms with Gasteiger partial charge in [0.25, 0.3) is 0 Å². The van der Waals surface area contributed by atoms with Crippen LogP contribution in [0.25, 0.3) is 0 Å². The largest absolute Gasteiger partial charge is 0.494 e. The summed E-state index contributed by atoms with van der Waals surface area (Å²) >= 11 is 33.1. The third-order valence-corrected chi connectivity index (χ3v) is 3.09. The van der Waals surface area contributed by atoms with Crippen molar-refractivity contribution < 1.29 is 23.8 Å². The standard InChI is InChI=1S/C13H12Cl6N2O5/c1-24-9-5-3-2-4-8(9)21(11(23)26-7-13(17,18)19)20-10(22)25-6-12(14,15)16/h2-5H,6-7H2,1H3,(H,20,22). The van der Waals surface area contributed by atoms with E-state index in [4.69, 9.17) is 83.8 Å².